The molecule has 0 heterocycles. The Morgan fingerprint density at radius 2 is 1.96 bits per heavy atom. The van der Waals surface area contributed by atoms with Crippen LogP contribution in [-0.2, 0) is 10.0 Å². The molecule has 1 amide bonds. The summed E-state index contributed by atoms with van der Waals surface area (Å²) >= 11 is 0. The number of nitrogens with zero attached hydrogens (tertiary/aromatic N) is 1. The maximum atomic E-state index is 12.7. The summed E-state index contributed by atoms with van der Waals surface area (Å²) in [6.45, 7) is 8.27. The van der Waals surface area contributed by atoms with Gasteiger partial charge in [-0.3, -0.25) is 4.79 Å². The molecule has 142 valence electrons. The lowest BCUT2D eigenvalue weighted by atomic mass is 9.93. The van der Waals surface area contributed by atoms with E-state index in [1.807, 2.05) is 13.8 Å². The Labute approximate surface area is 150 Å². The molecular weight excluding hydrogens is 342 g/mol. The fourth-order valence-corrected chi connectivity index (χ4v) is 3.84. The third kappa shape index (κ3) is 5.69. The maximum absolute atomic E-state index is 12.7. The van der Waals surface area contributed by atoms with E-state index in [4.69, 9.17) is 10.5 Å². The lowest BCUT2D eigenvalue weighted by molar-refractivity contribution is 0.0740. The van der Waals surface area contributed by atoms with E-state index >= 15 is 0 Å². The van der Waals surface area contributed by atoms with Gasteiger partial charge in [-0.2, -0.15) is 0 Å². The van der Waals surface area contributed by atoms with Gasteiger partial charge in [0.25, 0.3) is 5.91 Å². The van der Waals surface area contributed by atoms with Crippen molar-refractivity contribution in [1.29, 1.82) is 0 Å². The Morgan fingerprint density at radius 3 is 2.44 bits per heavy atom. The van der Waals surface area contributed by atoms with Crippen LogP contribution in [0.4, 0.5) is 0 Å². The monoisotopic (exact) mass is 371 g/mol. The summed E-state index contributed by atoms with van der Waals surface area (Å²) in [6, 6.07) is 4.12. The van der Waals surface area contributed by atoms with Gasteiger partial charge in [0.15, 0.2) is 0 Å². The maximum Gasteiger partial charge on any atom is 0.253 e. The molecule has 8 heteroatoms. The molecule has 0 aromatic heterocycles. The van der Waals surface area contributed by atoms with Crippen molar-refractivity contribution < 1.29 is 17.9 Å². The van der Waals surface area contributed by atoms with Crippen LogP contribution in [0.25, 0.3) is 0 Å². The zero-order valence-corrected chi connectivity index (χ0v) is 16.6. The van der Waals surface area contributed by atoms with Gasteiger partial charge in [0.2, 0.25) is 10.0 Å². The average molecular weight is 372 g/mol. The van der Waals surface area contributed by atoms with Crippen molar-refractivity contribution in [1.82, 2.24) is 9.62 Å². The predicted molar refractivity (Wildman–Crippen MR) is 98.2 cm³/mol. The van der Waals surface area contributed by atoms with E-state index in [9.17, 15) is 13.2 Å². The van der Waals surface area contributed by atoms with Gasteiger partial charge in [0.05, 0.1) is 7.11 Å². The molecule has 7 nitrogen and oxygen atoms in total. The normalized spacial score (nSPS) is 12.3. The number of nitrogens with one attached hydrogen (secondary N) is 1. The molecule has 0 radical (unpaired) electrons. The highest BCUT2D eigenvalue weighted by Crippen LogP contribution is 2.26. The molecule has 0 saturated heterocycles. The van der Waals surface area contributed by atoms with Gasteiger partial charge < -0.3 is 15.4 Å². The molecule has 0 unspecified atom stereocenters. The number of hydrogen-bond donors (Lipinski definition) is 2. The van der Waals surface area contributed by atoms with E-state index in [0.29, 0.717) is 13.1 Å². The van der Waals surface area contributed by atoms with Crippen molar-refractivity contribution >= 4 is 15.9 Å². The Hall–Kier alpha value is -1.64. The number of methoxy groups -OCH3 is 1. The molecule has 0 bridgehead atoms. The number of carbonyl (C=O) groups excluding carboxylic acids is 1. The highest BCUT2D eigenvalue weighted by Gasteiger charge is 2.25. The molecule has 0 atom stereocenters. The Balaban J connectivity index is 3.23. The molecular formula is C17H29N3O4S. The summed E-state index contributed by atoms with van der Waals surface area (Å²) in [4.78, 5) is 14.2. The largest absolute Gasteiger partial charge is 0.495 e. The van der Waals surface area contributed by atoms with Crippen LogP contribution in [0, 0.1) is 5.41 Å². The molecule has 0 fully saturated rings. The van der Waals surface area contributed by atoms with Crippen molar-refractivity contribution in [2.45, 2.75) is 38.6 Å². The van der Waals surface area contributed by atoms with Gasteiger partial charge in [0.1, 0.15) is 10.6 Å². The molecule has 25 heavy (non-hydrogen) atoms. The first-order valence-electron chi connectivity index (χ1n) is 8.09. The topological polar surface area (TPSA) is 102 Å². The fourth-order valence-electron chi connectivity index (χ4n) is 2.39. The first-order valence-corrected chi connectivity index (χ1v) is 9.58. The predicted octanol–water partition coefficient (Wildman–Crippen LogP) is 1.44. The number of nitrogens with two attached hydrogens (primary N) is 1. The summed E-state index contributed by atoms with van der Waals surface area (Å²) in [7, 11) is -0.728. The molecule has 0 spiro atoms. The van der Waals surface area contributed by atoms with E-state index in [-0.39, 0.29) is 33.6 Å². The molecule has 0 aliphatic rings. The van der Waals surface area contributed by atoms with Crippen LogP contribution in [0.3, 0.4) is 0 Å². The van der Waals surface area contributed by atoms with Crippen LogP contribution in [0.5, 0.6) is 5.75 Å². The minimum absolute atomic E-state index is 0.0546. The van der Waals surface area contributed by atoms with Gasteiger partial charge in [0, 0.05) is 25.2 Å². The number of amides is 1. The van der Waals surface area contributed by atoms with E-state index in [2.05, 4.69) is 4.72 Å². The molecule has 1 rings (SSSR count). The Bertz CT molecular complexity index is 715. The first-order chi connectivity index (χ1) is 11.4. The molecule has 0 aliphatic carbocycles. The molecule has 0 saturated carbocycles. The SMILES string of the molecule is COc1ccc(C(=O)N(C)CC(C)(C)CN)cc1S(=O)(=O)NC(C)C. The summed E-state index contributed by atoms with van der Waals surface area (Å²) in [5, 5.41) is 0. The van der Waals surface area contributed by atoms with Crippen molar-refractivity contribution in [2.24, 2.45) is 11.1 Å². The number of ether oxygens (including phenoxy) is 1. The van der Waals surface area contributed by atoms with Crippen LogP contribution in [0.15, 0.2) is 23.1 Å². The smallest absolute Gasteiger partial charge is 0.253 e. The van der Waals surface area contributed by atoms with Gasteiger partial charge in [-0.05, 0) is 44.0 Å². The van der Waals surface area contributed by atoms with E-state index in [1.54, 1.807) is 31.9 Å². The van der Waals surface area contributed by atoms with Crippen LogP contribution < -0.4 is 15.2 Å². The standard InChI is InChI=1S/C17H29N3O4S/c1-12(2)19-25(22,23)15-9-13(7-8-14(15)24-6)16(21)20(5)11-17(3,4)10-18/h7-9,12,19H,10-11,18H2,1-6H3. The zero-order chi connectivity index (χ0) is 19.4. The highest BCUT2D eigenvalue weighted by molar-refractivity contribution is 7.89. The minimum atomic E-state index is -3.79. The molecule has 3 N–H and O–H groups in total. The third-order valence-electron chi connectivity index (χ3n) is 3.66. The van der Waals surface area contributed by atoms with Crippen molar-refractivity contribution in [2.75, 3.05) is 27.2 Å². The summed E-state index contributed by atoms with van der Waals surface area (Å²) in [5.74, 6) is -0.0835. The Morgan fingerprint density at radius 1 is 1.36 bits per heavy atom. The number of rotatable bonds is 8. The molecule has 0 aliphatic heterocycles. The summed E-state index contributed by atoms with van der Waals surface area (Å²) < 4.78 is 32.7. The zero-order valence-electron chi connectivity index (χ0n) is 15.8. The van der Waals surface area contributed by atoms with Gasteiger partial charge in [-0.25, -0.2) is 13.1 Å². The van der Waals surface area contributed by atoms with E-state index in [0.717, 1.165) is 0 Å². The average Bonchev–Trinajstić information content (AvgIpc) is 2.51. The summed E-state index contributed by atoms with van der Waals surface area (Å²) in [5.41, 5.74) is 5.76. The minimum Gasteiger partial charge on any atom is -0.495 e. The molecule has 1 aromatic rings. The summed E-state index contributed by atoms with van der Waals surface area (Å²) in [6.07, 6.45) is 0. The second-order valence-electron chi connectivity index (χ2n) is 7.17. The van der Waals surface area contributed by atoms with E-state index < -0.39 is 10.0 Å². The quantitative estimate of drug-likeness (QED) is 0.720. The van der Waals surface area contributed by atoms with Gasteiger partial charge in [-0.1, -0.05) is 13.8 Å². The first kappa shape index (κ1) is 21.4. The van der Waals surface area contributed by atoms with Crippen molar-refractivity contribution in [3.8, 4) is 5.75 Å². The van der Waals surface area contributed by atoms with Gasteiger partial charge in [-0.15, -0.1) is 0 Å². The van der Waals surface area contributed by atoms with Crippen LogP contribution in [-0.4, -0.2) is 52.5 Å². The number of hydrogen-bond acceptors (Lipinski definition) is 5. The highest BCUT2D eigenvalue weighted by atomic mass is 32.2. The van der Waals surface area contributed by atoms with Crippen LogP contribution >= 0.6 is 0 Å². The van der Waals surface area contributed by atoms with Crippen molar-refractivity contribution in [3.05, 3.63) is 23.8 Å². The molecule has 1 aromatic carbocycles. The third-order valence-corrected chi connectivity index (χ3v) is 5.34. The van der Waals surface area contributed by atoms with Crippen LogP contribution in [0.2, 0.25) is 0 Å². The lowest BCUT2D eigenvalue weighted by Crippen LogP contribution is -2.39. The fraction of sp³-hybridized carbons (Fsp3) is 0.588. The second-order valence-corrected chi connectivity index (χ2v) is 8.85. The van der Waals surface area contributed by atoms with Gasteiger partial charge >= 0.3 is 0 Å². The number of benzene rings is 1. The van der Waals surface area contributed by atoms with Crippen molar-refractivity contribution in [3.63, 3.8) is 0 Å². The lowest BCUT2D eigenvalue weighted by Gasteiger charge is -2.29. The number of sulfonamides is 1. The van der Waals surface area contributed by atoms with E-state index in [1.165, 1.54) is 19.2 Å². The second kappa shape index (κ2) is 8.16. The van der Waals surface area contributed by atoms with Crippen LogP contribution in [0.1, 0.15) is 38.1 Å². The Kier molecular flexibility index (Phi) is 6.99. The number of carbonyl (C=O) groups is 1.